The Labute approximate surface area is 235 Å². The monoisotopic (exact) mass is 529 g/mol. The molecule has 3 heteroatoms. The number of halogens is 2. The van der Waals surface area contributed by atoms with Gasteiger partial charge in [-0.2, -0.15) is 0 Å². The first-order valence-electron chi connectivity index (χ1n) is 13.8. The van der Waals surface area contributed by atoms with Gasteiger partial charge in [0.2, 0.25) is 0 Å². The summed E-state index contributed by atoms with van der Waals surface area (Å²) in [7, 11) is 0. The van der Waals surface area contributed by atoms with Gasteiger partial charge in [-0.1, -0.05) is 111 Å². The third-order valence-electron chi connectivity index (χ3n) is 8.09. The molecule has 0 unspecified atom stereocenters. The van der Waals surface area contributed by atoms with Crippen molar-refractivity contribution in [1.29, 1.82) is 0 Å². The van der Waals surface area contributed by atoms with Crippen LogP contribution in [0.1, 0.15) is 45.7 Å². The van der Waals surface area contributed by atoms with E-state index in [-0.39, 0.29) is 11.2 Å². The molecular formula is C37H33F2N. The highest BCUT2D eigenvalue weighted by Gasteiger charge is 2.38. The summed E-state index contributed by atoms with van der Waals surface area (Å²) in [5.41, 5.74) is 7.54. The van der Waals surface area contributed by atoms with E-state index in [1.807, 2.05) is 68.1 Å². The van der Waals surface area contributed by atoms with Crippen molar-refractivity contribution in [3.63, 3.8) is 0 Å². The van der Waals surface area contributed by atoms with Gasteiger partial charge < -0.3 is 4.90 Å². The largest absolute Gasteiger partial charge is 0.331 e. The van der Waals surface area contributed by atoms with Crippen LogP contribution in [0.5, 0.6) is 0 Å². The number of nitrogens with zero attached hydrogens (tertiary/aromatic N) is 1. The molecule has 0 heterocycles. The molecule has 0 saturated heterocycles. The number of para-hydroxylation sites is 1. The van der Waals surface area contributed by atoms with Crippen LogP contribution in [0.2, 0.25) is 0 Å². The zero-order valence-electron chi connectivity index (χ0n) is 23.6. The van der Waals surface area contributed by atoms with Crippen LogP contribution in [0, 0.1) is 11.6 Å². The molecule has 0 atom stereocenters. The second kappa shape index (κ2) is 9.45. The van der Waals surface area contributed by atoms with E-state index >= 15 is 8.78 Å². The molecule has 1 aliphatic carbocycles. The van der Waals surface area contributed by atoms with Gasteiger partial charge in [-0.3, -0.25) is 0 Å². The Morgan fingerprint density at radius 1 is 0.575 bits per heavy atom. The van der Waals surface area contributed by atoms with Crippen molar-refractivity contribution in [2.24, 2.45) is 0 Å². The van der Waals surface area contributed by atoms with E-state index in [1.54, 1.807) is 18.2 Å². The highest BCUT2D eigenvalue weighted by molar-refractivity contribution is 5.98. The summed E-state index contributed by atoms with van der Waals surface area (Å²) in [5, 5.41) is 0. The number of fused-ring (bicyclic) bond motifs is 3. The summed E-state index contributed by atoms with van der Waals surface area (Å²) in [6.07, 6.45) is 0. The molecular weight excluding hydrogens is 496 g/mol. The van der Waals surface area contributed by atoms with Crippen molar-refractivity contribution in [1.82, 2.24) is 0 Å². The highest BCUT2D eigenvalue weighted by atomic mass is 19.1. The van der Waals surface area contributed by atoms with Gasteiger partial charge in [0.15, 0.2) is 5.82 Å². The average molecular weight is 530 g/mol. The fourth-order valence-corrected chi connectivity index (χ4v) is 6.27. The molecule has 0 aromatic heterocycles. The van der Waals surface area contributed by atoms with Gasteiger partial charge >= 0.3 is 0 Å². The lowest BCUT2D eigenvalue weighted by Gasteiger charge is -2.40. The van der Waals surface area contributed by atoms with Crippen molar-refractivity contribution >= 4 is 11.4 Å². The molecule has 0 amide bonds. The van der Waals surface area contributed by atoms with Gasteiger partial charge in [-0.25, -0.2) is 8.78 Å². The molecule has 40 heavy (non-hydrogen) atoms. The lowest BCUT2D eigenvalue weighted by molar-refractivity contribution is 0.528. The molecule has 0 N–H and O–H groups in total. The number of rotatable bonds is 4. The fraction of sp³-hybridized carbons (Fsp3) is 0.189. The zero-order chi connectivity index (χ0) is 28.2. The van der Waals surface area contributed by atoms with Gasteiger partial charge in [-0.15, -0.1) is 0 Å². The van der Waals surface area contributed by atoms with Gasteiger partial charge in [0, 0.05) is 22.1 Å². The third-order valence-corrected chi connectivity index (χ3v) is 8.09. The summed E-state index contributed by atoms with van der Waals surface area (Å²) >= 11 is 0. The number of hydrogen-bond acceptors (Lipinski definition) is 1. The van der Waals surface area contributed by atoms with Crippen LogP contribution < -0.4 is 4.90 Å². The highest BCUT2D eigenvalue weighted by Crippen LogP contribution is 2.54. The second-order valence-electron chi connectivity index (χ2n) is 12.0. The lowest BCUT2D eigenvalue weighted by Crippen LogP contribution is -2.39. The van der Waals surface area contributed by atoms with Crippen LogP contribution in [-0.4, -0.2) is 5.54 Å². The lowest BCUT2D eigenvalue weighted by atomic mass is 9.81. The molecule has 0 fully saturated rings. The third kappa shape index (κ3) is 4.03. The molecule has 0 aliphatic heterocycles. The van der Waals surface area contributed by atoms with Crippen LogP contribution in [0.25, 0.3) is 33.4 Å². The standard InChI is InChI=1S/C37H33F2N/c1-36(2,3)40(32-21-12-11-20-31(32)38)35-27(23-22-25(34(35)39)24-14-7-6-8-15-24)26-17-13-19-30-33(26)28-16-9-10-18-29(28)37(30,4)5/h6-23H,1-5H3. The van der Waals surface area contributed by atoms with E-state index in [4.69, 9.17) is 0 Å². The molecule has 0 spiro atoms. The first-order chi connectivity index (χ1) is 19.1. The maximum Gasteiger partial charge on any atom is 0.155 e. The Balaban J connectivity index is 1.72. The van der Waals surface area contributed by atoms with Crippen LogP contribution in [-0.2, 0) is 5.41 Å². The molecule has 0 bridgehead atoms. The van der Waals surface area contributed by atoms with E-state index in [0.717, 1.165) is 27.8 Å². The average Bonchev–Trinajstić information content (AvgIpc) is 3.17. The Bertz CT molecular complexity index is 1730. The predicted molar refractivity (Wildman–Crippen MR) is 163 cm³/mol. The van der Waals surface area contributed by atoms with E-state index in [9.17, 15) is 0 Å². The van der Waals surface area contributed by atoms with Gasteiger partial charge in [0.05, 0.1) is 11.4 Å². The minimum atomic E-state index is -0.637. The van der Waals surface area contributed by atoms with Crippen LogP contribution in [0.3, 0.4) is 0 Å². The molecule has 200 valence electrons. The summed E-state index contributed by atoms with van der Waals surface area (Å²) in [6.45, 7) is 10.5. The Morgan fingerprint density at radius 2 is 1.18 bits per heavy atom. The van der Waals surface area contributed by atoms with Crippen molar-refractivity contribution in [2.75, 3.05) is 4.90 Å². The van der Waals surface area contributed by atoms with E-state index < -0.39 is 11.4 Å². The minimum absolute atomic E-state index is 0.195. The van der Waals surface area contributed by atoms with E-state index in [2.05, 4.69) is 56.3 Å². The molecule has 5 aromatic rings. The Hall–Kier alpha value is -4.24. The molecule has 1 aliphatic rings. The summed E-state index contributed by atoms with van der Waals surface area (Å²) in [6, 6.07) is 34.8. The molecule has 6 rings (SSSR count). The van der Waals surface area contributed by atoms with Crippen LogP contribution >= 0.6 is 0 Å². The van der Waals surface area contributed by atoms with Crippen molar-refractivity contribution in [3.05, 3.63) is 132 Å². The van der Waals surface area contributed by atoms with Crippen molar-refractivity contribution in [2.45, 2.75) is 45.6 Å². The smallest absolute Gasteiger partial charge is 0.155 e. The quantitative estimate of drug-likeness (QED) is 0.224. The summed E-state index contributed by atoms with van der Waals surface area (Å²) in [4.78, 5) is 1.82. The van der Waals surface area contributed by atoms with Crippen molar-refractivity contribution < 1.29 is 8.78 Å². The first kappa shape index (κ1) is 26.0. The normalized spacial score (nSPS) is 13.6. The maximum absolute atomic E-state index is 17.1. The molecule has 1 nitrogen and oxygen atoms in total. The number of anilines is 2. The number of hydrogen-bond donors (Lipinski definition) is 0. The minimum Gasteiger partial charge on any atom is -0.331 e. The van der Waals surface area contributed by atoms with Crippen LogP contribution in [0.15, 0.2) is 109 Å². The SMILES string of the molecule is CC1(C)c2ccccc2-c2c(-c3ccc(-c4ccccc4)c(F)c3N(c3ccccc3F)C(C)(C)C)cccc21. The van der Waals surface area contributed by atoms with Crippen molar-refractivity contribution in [3.8, 4) is 33.4 Å². The summed E-state index contributed by atoms with van der Waals surface area (Å²) in [5.74, 6) is -0.761. The van der Waals surface area contributed by atoms with E-state index in [0.29, 0.717) is 16.9 Å². The van der Waals surface area contributed by atoms with Gasteiger partial charge in [-0.05, 0) is 66.3 Å². The maximum atomic E-state index is 17.1. The van der Waals surface area contributed by atoms with E-state index in [1.165, 1.54) is 17.2 Å². The van der Waals surface area contributed by atoms with Crippen LogP contribution in [0.4, 0.5) is 20.2 Å². The number of benzene rings is 5. The Kier molecular flexibility index (Phi) is 6.14. The second-order valence-corrected chi connectivity index (χ2v) is 12.0. The topological polar surface area (TPSA) is 3.24 Å². The fourth-order valence-electron chi connectivity index (χ4n) is 6.27. The predicted octanol–water partition coefficient (Wildman–Crippen LogP) is 10.5. The molecule has 0 radical (unpaired) electrons. The zero-order valence-corrected chi connectivity index (χ0v) is 23.6. The molecule has 5 aromatic carbocycles. The Morgan fingerprint density at radius 3 is 1.90 bits per heavy atom. The first-order valence-corrected chi connectivity index (χ1v) is 13.8. The van der Waals surface area contributed by atoms with Gasteiger partial charge in [0.1, 0.15) is 5.82 Å². The van der Waals surface area contributed by atoms with Gasteiger partial charge in [0.25, 0.3) is 0 Å². The summed E-state index contributed by atoms with van der Waals surface area (Å²) < 4.78 is 32.6. The molecule has 0 saturated carbocycles.